The average Bonchev–Trinajstić information content (AvgIpc) is 3.16. The summed E-state index contributed by atoms with van der Waals surface area (Å²) in [5, 5.41) is 6.74. The summed E-state index contributed by atoms with van der Waals surface area (Å²) in [5.74, 6) is 0.378. The molecule has 0 aliphatic rings. The van der Waals surface area contributed by atoms with Gasteiger partial charge in [-0.15, -0.1) is 0 Å². The molecule has 0 bridgehead atoms. The van der Waals surface area contributed by atoms with Crippen molar-refractivity contribution in [3.05, 3.63) is 72.4 Å². The van der Waals surface area contributed by atoms with Gasteiger partial charge in [0.25, 0.3) is 5.91 Å². The summed E-state index contributed by atoms with van der Waals surface area (Å²) >= 11 is 0. The van der Waals surface area contributed by atoms with E-state index in [4.69, 9.17) is 4.52 Å². The lowest BCUT2D eigenvalue weighted by atomic mass is 10.1. The molecule has 0 atom stereocenters. The van der Waals surface area contributed by atoms with Crippen LogP contribution in [0.2, 0.25) is 0 Å². The van der Waals surface area contributed by atoms with Crippen LogP contribution in [-0.2, 0) is 0 Å². The molecule has 1 aromatic heterocycles. The molecular weight excluding hydrogens is 314 g/mol. The Morgan fingerprint density at radius 3 is 2.48 bits per heavy atom. The van der Waals surface area contributed by atoms with Crippen LogP contribution in [0.1, 0.15) is 16.9 Å². The maximum absolute atomic E-state index is 12.2. The van der Waals surface area contributed by atoms with E-state index in [9.17, 15) is 4.79 Å². The summed E-state index contributed by atoms with van der Waals surface area (Å²) in [4.78, 5) is 14.3. The van der Waals surface area contributed by atoms with Crippen LogP contribution in [0.3, 0.4) is 0 Å². The molecule has 25 heavy (non-hydrogen) atoms. The fraction of sp³-hybridized carbons (Fsp3) is 0.200. The van der Waals surface area contributed by atoms with E-state index in [1.54, 1.807) is 6.07 Å². The lowest BCUT2D eigenvalue weighted by Crippen LogP contribution is -2.28. The van der Waals surface area contributed by atoms with Gasteiger partial charge in [-0.2, -0.15) is 0 Å². The first-order chi connectivity index (χ1) is 12.2. The van der Waals surface area contributed by atoms with E-state index in [2.05, 4.69) is 27.5 Å². The van der Waals surface area contributed by atoms with Gasteiger partial charge in [0.15, 0.2) is 11.5 Å². The number of carbonyl (C=O) groups is 1. The van der Waals surface area contributed by atoms with Crippen molar-refractivity contribution < 1.29 is 9.32 Å². The summed E-state index contributed by atoms with van der Waals surface area (Å²) in [6.45, 7) is 1.45. The highest BCUT2D eigenvalue weighted by atomic mass is 16.5. The predicted octanol–water partition coefficient (Wildman–Crippen LogP) is 3.60. The molecule has 0 saturated carbocycles. The van der Waals surface area contributed by atoms with Crippen molar-refractivity contribution in [1.29, 1.82) is 0 Å². The Bertz CT molecular complexity index is 800. The van der Waals surface area contributed by atoms with Crippen LogP contribution in [0.25, 0.3) is 11.3 Å². The van der Waals surface area contributed by atoms with E-state index in [1.807, 2.05) is 55.6 Å². The number of anilines is 1. The first-order valence-corrected chi connectivity index (χ1v) is 8.30. The van der Waals surface area contributed by atoms with Gasteiger partial charge in [-0.1, -0.05) is 53.7 Å². The second-order valence-corrected chi connectivity index (χ2v) is 5.81. The molecule has 1 amide bonds. The van der Waals surface area contributed by atoms with Crippen LogP contribution >= 0.6 is 0 Å². The van der Waals surface area contributed by atoms with E-state index in [0.717, 1.165) is 24.2 Å². The number of para-hydroxylation sites is 1. The Labute approximate surface area is 147 Å². The Balaban J connectivity index is 1.46. The van der Waals surface area contributed by atoms with E-state index >= 15 is 0 Å². The van der Waals surface area contributed by atoms with Crippen molar-refractivity contribution in [2.24, 2.45) is 0 Å². The molecular formula is C20H21N3O2. The summed E-state index contributed by atoms with van der Waals surface area (Å²) in [7, 11) is 2.04. The van der Waals surface area contributed by atoms with Crippen molar-refractivity contribution in [2.75, 3.05) is 25.0 Å². The monoisotopic (exact) mass is 335 g/mol. The van der Waals surface area contributed by atoms with Gasteiger partial charge in [0.2, 0.25) is 0 Å². The molecule has 0 saturated heterocycles. The zero-order valence-corrected chi connectivity index (χ0v) is 14.2. The van der Waals surface area contributed by atoms with Crippen LogP contribution in [0, 0.1) is 0 Å². The van der Waals surface area contributed by atoms with Crippen LogP contribution in [0.15, 0.2) is 71.3 Å². The van der Waals surface area contributed by atoms with Gasteiger partial charge in [-0.25, -0.2) is 0 Å². The number of benzene rings is 2. The van der Waals surface area contributed by atoms with Gasteiger partial charge in [-0.3, -0.25) is 4.79 Å². The number of aromatic nitrogens is 1. The van der Waals surface area contributed by atoms with Crippen molar-refractivity contribution in [3.63, 3.8) is 0 Å². The molecule has 1 heterocycles. The number of nitrogens with one attached hydrogen (secondary N) is 1. The first kappa shape index (κ1) is 16.8. The minimum atomic E-state index is -0.215. The fourth-order valence-electron chi connectivity index (χ4n) is 2.54. The Morgan fingerprint density at radius 1 is 1.08 bits per heavy atom. The van der Waals surface area contributed by atoms with Crippen molar-refractivity contribution >= 4 is 11.6 Å². The highest BCUT2D eigenvalue weighted by molar-refractivity contribution is 5.93. The molecule has 1 N–H and O–H groups in total. The molecule has 0 fully saturated rings. The molecule has 0 spiro atoms. The largest absolute Gasteiger partial charge is 0.375 e. The Morgan fingerprint density at radius 2 is 1.76 bits per heavy atom. The zero-order valence-electron chi connectivity index (χ0n) is 14.2. The maximum atomic E-state index is 12.2. The summed E-state index contributed by atoms with van der Waals surface area (Å²) in [6.07, 6.45) is 0.848. The van der Waals surface area contributed by atoms with Crippen LogP contribution < -0.4 is 10.2 Å². The Kier molecular flexibility index (Phi) is 5.46. The van der Waals surface area contributed by atoms with Gasteiger partial charge >= 0.3 is 0 Å². The number of nitrogens with zero attached hydrogens (tertiary/aromatic N) is 2. The molecule has 3 rings (SSSR count). The van der Waals surface area contributed by atoms with Crippen LogP contribution in [0.4, 0.5) is 5.69 Å². The number of carbonyl (C=O) groups excluding carboxylic acids is 1. The number of hydrogen-bond donors (Lipinski definition) is 1. The normalized spacial score (nSPS) is 10.4. The van der Waals surface area contributed by atoms with Gasteiger partial charge in [-0.05, 0) is 18.6 Å². The number of rotatable bonds is 7. The van der Waals surface area contributed by atoms with E-state index in [0.29, 0.717) is 18.0 Å². The average molecular weight is 335 g/mol. The summed E-state index contributed by atoms with van der Waals surface area (Å²) < 4.78 is 5.26. The molecule has 2 aromatic carbocycles. The minimum Gasteiger partial charge on any atom is -0.375 e. The first-order valence-electron chi connectivity index (χ1n) is 8.30. The topological polar surface area (TPSA) is 58.4 Å². The number of amides is 1. The third-order valence-electron chi connectivity index (χ3n) is 3.95. The second kappa shape index (κ2) is 8.15. The molecule has 0 unspecified atom stereocenters. The highest BCUT2D eigenvalue weighted by Gasteiger charge is 2.13. The number of hydrogen-bond acceptors (Lipinski definition) is 4. The van der Waals surface area contributed by atoms with Crippen molar-refractivity contribution in [2.45, 2.75) is 6.42 Å². The van der Waals surface area contributed by atoms with Crippen LogP contribution in [-0.4, -0.2) is 31.2 Å². The van der Waals surface area contributed by atoms with Gasteiger partial charge in [0, 0.05) is 37.5 Å². The lowest BCUT2D eigenvalue weighted by molar-refractivity contribution is 0.0944. The summed E-state index contributed by atoms with van der Waals surface area (Å²) in [5.41, 5.74) is 2.37. The van der Waals surface area contributed by atoms with E-state index in [1.165, 1.54) is 0 Å². The molecule has 128 valence electrons. The minimum absolute atomic E-state index is 0.215. The maximum Gasteiger partial charge on any atom is 0.273 e. The fourth-order valence-corrected chi connectivity index (χ4v) is 2.54. The Hall–Kier alpha value is -3.08. The molecule has 5 heteroatoms. The van der Waals surface area contributed by atoms with Gasteiger partial charge in [0.1, 0.15) is 0 Å². The van der Waals surface area contributed by atoms with Crippen molar-refractivity contribution in [3.8, 4) is 11.3 Å². The second-order valence-electron chi connectivity index (χ2n) is 5.81. The SMILES string of the molecule is CN(CCCNC(=O)c1cc(-c2ccccc2)on1)c1ccccc1. The van der Waals surface area contributed by atoms with E-state index < -0.39 is 0 Å². The smallest absolute Gasteiger partial charge is 0.273 e. The quantitative estimate of drug-likeness (QED) is 0.670. The lowest BCUT2D eigenvalue weighted by Gasteiger charge is -2.19. The molecule has 0 aliphatic heterocycles. The molecule has 3 aromatic rings. The summed E-state index contributed by atoms with van der Waals surface area (Å²) in [6, 6.07) is 21.4. The third kappa shape index (κ3) is 4.47. The van der Waals surface area contributed by atoms with E-state index in [-0.39, 0.29) is 5.91 Å². The highest BCUT2D eigenvalue weighted by Crippen LogP contribution is 2.19. The van der Waals surface area contributed by atoms with Gasteiger partial charge < -0.3 is 14.7 Å². The third-order valence-corrected chi connectivity index (χ3v) is 3.95. The van der Waals surface area contributed by atoms with Crippen molar-refractivity contribution in [1.82, 2.24) is 10.5 Å². The van der Waals surface area contributed by atoms with Gasteiger partial charge in [0.05, 0.1) is 0 Å². The molecule has 0 radical (unpaired) electrons. The standard InChI is InChI=1S/C20H21N3O2/c1-23(17-11-6-3-7-12-17)14-8-13-21-20(24)18-15-19(25-22-18)16-9-4-2-5-10-16/h2-7,9-12,15H,8,13-14H2,1H3,(H,21,24). The zero-order chi connectivity index (χ0) is 17.5. The van der Waals surface area contributed by atoms with Crippen LogP contribution in [0.5, 0.6) is 0 Å². The molecule has 5 nitrogen and oxygen atoms in total. The molecule has 0 aliphatic carbocycles. The predicted molar refractivity (Wildman–Crippen MR) is 98.6 cm³/mol.